The van der Waals surface area contributed by atoms with E-state index in [4.69, 9.17) is 4.74 Å². The van der Waals surface area contributed by atoms with Gasteiger partial charge in [-0.3, -0.25) is 9.78 Å². The molecule has 25 heavy (non-hydrogen) atoms. The zero-order valence-electron chi connectivity index (χ0n) is 14.7. The fourth-order valence-corrected chi connectivity index (χ4v) is 3.81. The summed E-state index contributed by atoms with van der Waals surface area (Å²) in [5, 5.41) is 2.99. The number of carbonyl (C=O) groups excluding carboxylic acids is 1. The number of pyridine rings is 1. The van der Waals surface area contributed by atoms with Crippen LogP contribution in [0.25, 0.3) is 10.6 Å². The molecule has 3 heterocycles. The average Bonchev–Trinajstić information content (AvgIpc) is 3.15. The largest absolute Gasteiger partial charge is 0.378 e. The molecule has 0 radical (unpaired) electrons. The first-order valence-corrected chi connectivity index (χ1v) is 9.80. The molecule has 0 spiro atoms. The Morgan fingerprint density at radius 1 is 1.44 bits per heavy atom. The van der Waals surface area contributed by atoms with Crippen LogP contribution < -0.4 is 0 Å². The lowest BCUT2D eigenvalue weighted by Gasteiger charge is -2.25. The molecular formula is C19H25N3O2S. The Morgan fingerprint density at radius 2 is 2.36 bits per heavy atom. The number of amides is 1. The van der Waals surface area contributed by atoms with Gasteiger partial charge in [-0.05, 0) is 44.2 Å². The Kier molecular flexibility index (Phi) is 6.53. The van der Waals surface area contributed by atoms with Crippen molar-refractivity contribution in [2.24, 2.45) is 0 Å². The molecule has 0 aliphatic carbocycles. The van der Waals surface area contributed by atoms with E-state index in [0.717, 1.165) is 42.3 Å². The number of rotatable bonds is 7. The van der Waals surface area contributed by atoms with Crippen molar-refractivity contribution in [3.05, 3.63) is 35.6 Å². The fourth-order valence-electron chi connectivity index (χ4n) is 2.97. The van der Waals surface area contributed by atoms with Crippen LogP contribution in [0.5, 0.6) is 0 Å². The van der Waals surface area contributed by atoms with Gasteiger partial charge in [-0.1, -0.05) is 0 Å². The molecule has 1 fully saturated rings. The van der Waals surface area contributed by atoms with Gasteiger partial charge >= 0.3 is 0 Å². The highest BCUT2D eigenvalue weighted by atomic mass is 32.1. The highest BCUT2D eigenvalue weighted by Crippen LogP contribution is 2.23. The predicted molar refractivity (Wildman–Crippen MR) is 99.5 cm³/mol. The van der Waals surface area contributed by atoms with Crippen molar-refractivity contribution >= 4 is 17.2 Å². The summed E-state index contributed by atoms with van der Waals surface area (Å²) < 4.78 is 5.73. The predicted octanol–water partition coefficient (Wildman–Crippen LogP) is 3.56. The van der Waals surface area contributed by atoms with Crippen LogP contribution in [-0.2, 0) is 16.0 Å². The van der Waals surface area contributed by atoms with Gasteiger partial charge in [0.05, 0.1) is 11.8 Å². The molecule has 1 aliphatic heterocycles. The van der Waals surface area contributed by atoms with Gasteiger partial charge in [0.2, 0.25) is 5.91 Å². The third-order valence-corrected chi connectivity index (χ3v) is 5.48. The summed E-state index contributed by atoms with van der Waals surface area (Å²) in [5.74, 6) is 0.173. The first-order valence-electron chi connectivity index (χ1n) is 8.93. The summed E-state index contributed by atoms with van der Waals surface area (Å²) in [6.45, 7) is 1.63. The van der Waals surface area contributed by atoms with Crippen molar-refractivity contribution in [1.29, 1.82) is 0 Å². The number of nitrogens with zero attached hydrogens (tertiary/aromatic N) is 3. The molecule has 6 heteroatoms. The topological polar surface area (TPSA) is 55.3 Å². The number of ether oxygens (including phenoxy) is 1. The van der Waals surface area contributed by atoms with Gasteiger partial charge in [0.1, 0.15) is 5.01 Å². The molecule has 0 N–H and O–H groups in total. The number of hydrogen-bond acceptors (Lipinski definition) is 5. The maximum absolute atomic E-state index is 12.3. The van der Waals surface area contributed by atoms with Crippen LogP contribution in [-0.4, -0.2) is 47.1 Å². The standard InChI is InChI=1S/C19H25N3O2S/c1-22(11-9-17-6-2-3-12-24-17)18(23)8-7-16-14-25-19(21-16)15-5-4-10-20-13-15/h4-5,10,13-14,17H,2-3,6-9,11-12H2,1H3. The molecule has 0 bridgehead atoms. The van der Waals surface area contributed by atoms with Crippen LogP contribution in [0.4, 0.5) is 0 Å². The van der Waals surface area contributed by atoms with E-state index in [9.17, 15) is 4.79 Å². The Balaban J connectivity index is 1.43. The van der Waals surface area contributed by atoms with E-state index in [-0.39, 0.29) is 5.91 Å². The number of aryl methyl sites for hydroxylation is 1. The van der Waals surface area contributed by atoms with Gasteiger partial charge in [-0.15, -0.1) is 11.3 Å². The van der Waals surface area contributed by atoms with Crippen molar-refractivity contribution < 1.29 is 9.53 Å². The van der Waals surface area contributed by atoms with Crippen LogP contribution >= 0.6 is 11.3 Å². The minimum atomic E-state index is 0.173. The molecule has 2 aromatic rings. The first-order chi connectivity index (χ1) is 12.2. The number of aromatic nitrogens is 2. The third kappa shape index (κ3) is 5.34. The van der Waals surface area contributed by atoms with Crippen LogP contribution in [0.15, 0.2) is 29.9 Å². The molecule has 1 aliphatic rings. The van der Waals surface area contributed by atoms with E-state index in [1.165, 1.54) is 12.8 Å². The van der Waals surface area contributed by atoms with Crippen molar-refractivity contribution in [2.75, 3.05) is 20.2 Å². The third-order valence-electron chi connectivity index (χ3n) is 4.54. The van der Waals surface area contributed by atoms with E-state index in [1.807, 2.05) is 35.7 Å². The molecule has 134 valence electrons. The van der Waals surface area contributed by atoms with Gasteiger partial charge < -0.3 is 9.64 Å². The van der Waals surface area contributed by atoms with E-state index < -0.39 is 0 Å². The van der Waals surface area contributed by atoms with Crippen LogP contribution in [0.2, 0.25) is 0 Å². The molecule has 0 aromatic carbocycles. The minimum absolute atomic E-state index is 0.173. The summed E-state index contributed by atoms with van der Waals surface area (Å²) in [6, 6.07) is 3.91. The van der Waals surface area contributed by atoms with Gasteiger partial charge in [-0.25, -0.2) is 4.98 Å². The lowest BCUT2D eigenvalue weighted by molar-refractivity contribution is -0.130. The summed E-state index contributed by atoms with van der Waals surface area (Å²) >= 11 is 1.60. The second-order valence-electron chi connectivity index (χ2n) is 6.48. The summed E-state index contributed by atoms with van der Waals surface area (Å²) in [5.41, 5.74) is 2.00. The van der Waals surface area contributed by atoms with Crippen molar-refractivity contribution in [3.8, 4) is 10.6 Å². The molecule has 2 aromatic heterocycles. The van der Waals surface area contributed by atoms with E-state index in [1.54, 1.807) is 17.5 Å². The molecular weight excluding hydrogens is 334 g/mol. The highest BCUT2D eigenvalue weighted by molar-refractivity contribution is 7.13. The number of thiazole rings is 1. The zero-order chi connectivity index (χ0) is 17.5. The summed E-state index contributed by atoms with van der Waals surface area (Å²) in [7, 11) is 1.88. The van der Waals surface area contributed by atoms with Crippen LogP contribution in [0.3, 0.4) is 0 Å². The Labute approximate surface area is 153 Å². The highest BCUT2D eigenvalue weighted by Gasteiger charge is 2.16. The molecule has 1 amide bonds. The lowest BCUT2D eigenvalue weighted by atomic mass is 10.1. The molecule has 1 unspecified atom stereocenters. The monoisotopic (exact) mass is 359 g/mol. The van der Waals surface area contributed by atoms with Crippen molar-refractivity contribution in [1.82, 2.24) is 14.9 Å². The normalized spacial score (nSPS) is 17.4. The Bertz CT molecular complexity index is 668. The Morgan fingerprint density at radius 3 is 3.12 bits per heavy atom. The second kappa shape index (κ2) is 9.06. The van der Waals surface area contributed by atoms with Gasteiger partial charge in [0.15, 0.2) is 0 Å². The number of carbonyl (C=O) groups is 1. The zero-order valence-corrected chi connectivity index (χ0v) is 15.5. The Hall–Kier alpha value is -1.79. The van der Waals surface area contributed by atoms with Crippen LogP contribution in [0.1, 0.15) is 37.8 Å². The molecule has 5 nitrogen and oxygen atoms in total. The average molecular weight is 359 g/mol. The molecule has 0 saturated carbocycles. The molecule has 1 atom stereocenters. The quantitative estimate of drug-likeness (QED) is 0.758. The van der Waals surface area contributed by atoms with Gasteiger partial charge in [0, 0.05) is 50.0 Å². The maximum Gasteiger partial charge on any atom is 0.222 e. The smallest absolute Gasteiger partial charge is 0.222 e. The van der Waals surface area contributed by atoms with Crippen molar-refractivity contribution in [2.45, 2.75) is 44.6 Å². The van der Waals surface area contributed by atoms with Crippen LogP contribution in [0, 0.1) is 0 Å². The lowest BCUT2D eigenvalue weighted by Crippen LogP contribution is -2.31. The minimum Gasteiger partial charge on any atom is -0.378 e. The molecule has 1 saturated heterocycles. The van der Waals surface area contributed by atoms with Gasteiger partial charge in [0.25, 0.3) is 0 Å². The molecule has 3 rings (SSSR count). The van der Waals surface area contributed by atoms with E-state index in [0.29, 0.717) is 18.9 Å². The van der Waals surface area contributed by atoms with Gasteiger partial charge in [-0.2, -0.15) is 0 Å². The summed E-state index contributed by atoms with van der Waals surface area (Å²) in [4.78, 5) is 22.9. The fraction of sp³-hybridized carbons (Fsp3) is 0.526. The van der Waals surface area contributed by atoms with Crippen molar-refractivity contribution in [3.63, 3.8) is 0 Å². The SMILES string of the molecule is CN(CCC1CCCCO1)C(=O)CCc1csc(-c2cccnc2)n1. The van der Waals surface area contributed by atoms with E-state index >= 15 is 0 Å². The summed E-state index contributed by atoms with van der Waals surface area (Å²) in [6.07, 6.45) is 9.54. The second-order valence-corrected chi connectivity index (χ2v) is 7.34. The number of hydrogen-bond donors (Lipinski definition) is 0. The first kappa shape index (κ1) is 18.0. The maximum atomic E-state index is 12.3. The van der Waals surface area contributed by atoms with E-state index in [2.05, 4.69) is 9.97 Å².